The topological polar surface area (TPSA) is 26.3 Å². The van der Waals surface area contributed by atoms with Crippen LogP contribution in [0.4, 0.5) is 0 Å². The lowest BCUT2D eigenvalue weighted by atomic mass is 9.95. The Hall–Kier alpha value is -3.65. The van der Waals surface area contributed by atoms with Crippen LogP contribution in [0.5, 0.6) is 5.75 Å². The molecule has 0 spiro atoms. The highest BCUT2D eigenvalue weighted by Crippen LogP contribution is 2.43. The van der Waals surface area contributed by atoms with Crippen LogP contribution in [0.1, 0.15) is 22.3 Å². The maximum absolute atomic E-state index is 13.1. The summed E-state index contributed by atoms with van der Waals surface area (Å²) in [6.07, 6.45) is 6.59. The number of hydrogen-bond acceptors (Lipinski definition) is 2. The number of fused-ring (bicyclic) bond motifs is 6. The highest BCUT2D eigenvalue weighted by atomic mass is 16.5. The van der Waals surface area contributed by atoms with Gasteiger partial charge in [-0.05, 0) is 57.7 Å². The highest BCUT2D eigenvalue weighted by molar-refractivity contribution is 6.25. The van der Waals surface area contributed by atoms with Gasteiger partial charge in [-0.2, -0.15) is 0 Å². The predicted molar refractivity (Wildman–Crippen MR) is 111 cm³/mol. The highest BCUT2D eigenvalue weighted by Gasteiger charge is 2.30. The molecule has 3 aromatic rings. The lowest BCUT2D eigenvalue weighted by Gasteiger charge is -2.16. The minimum absolute atomic E-state index is 0.0539. The van der Waals surface area contributed by atoms with Crippen LogP contribution in [0.15, 0.2) is 90.2 Å². The van der Waals surface area contributed by atoms with Gasteiger partial charge in [0.25, 0.3) is 0 Å². The SMILES string of the molecule is O=C1C(Oc2cccc3c2Cc2ccccc2-3)=CC=C2C1=Cc1ccccc12. The lowest BCUT2D eigenvalue weighted by molar-refractivity contribution is -0.113. The molecule has 3 aliphatic carbocycles. The summed E-state index contributed by atoms with van der Waals surface area (Å²) in [5.74, 6) is 1.09. The standard InChI is InChI=1S/C26H16O2/c27-26-23-15-17-7-2-4-9-19(17)21(23)12-13-25(26)28-24-11-5-10-20-18-8-3-1-6-16(18)14-22(20)24/h1-13,15H,14H2. The van der Waals surface area contributed by atoms with Gasteiger partial charge in [-0.1, -0.05) is 60.7 Å². The third-order valence-electron chi connectivity index (χ3n) is 5.74. The molecule has 0 heterocycles. The summed E-state index contributed by atoms with van der Waals surface area (Å²) < 4.78 is 6.17. The Labute approximate surface area is 163 Å². The van der Waals surface area contributed by atoms with E-state index in [9.17, 15) is 4.79 Å². The van der Waals surface area contributed by atoms with Gasteiger partial charge in [-0.3, -0.25) is 4.79 Å². The van der Waals surface area contributed by atoms with E-state index in [0.29, 0.717) is 5.76 Å². The fourth-order valence-electron chi connectivity index (χ4n) is 4.40. The van der Waals surface area contributed by atoms with Crippen molar-refractivity contribution in [2.24, 2.45) is 0 Å². The Morgan fingerprint density at radius 3 is 2.43 bits per heavy atom. The summed E-state index contributed by atoms with van der Waals surface area (Å²) in [6.45, 7) is 0. The molecule has 0 amide bonds. The largest absolute Gasteiger partial charge is 0.453 e. The maximum Gasteiger partial charge on any atom is 0.228 e. The Kier molecular flexibility index (Phi) is 3.12. The van der Waals surface area contributed by atoms with E-state index >= 15 is 0 Å². The smallest absolute Gasteiger partial charge is 0.228 e. The molecule has 2 heteroatoms. The Morgan fingerprint density at radius 2 is 1.50 bits per heavy atom. The predicted octanol–water partition coefficient (Wildman–Crippen LogP) is 5.58. The van der Waals surface area contributed by atoms with E-state index < -0.39 is 0 Å². The number of hydrogen-bond donors (Lipinski definition) is 0. The molecule has 0 saturated carbocycles. The van der Waals surface area contributed by atoms with Crippen LogP contribution in [0.3, 0.4) is 0 Å². The third kappa shape index (κ3) is 2.12. The van der Waals surface area contributed by atoms with Crippen molar-refractivity contribution in [1.29, 1.82) is 0 Å². The summed E-state index contributed by atoms with van der Waals surface area (Å²) in [5, 5.41) is 0. The van der Waals surface area contributed by atoms with Crippen LogP contribution in [0.2, 0.25) is 0 Å². The molecule has 132 valence electrons. The zero-order chi connectivity index (χ0) is 18.7. The average molecular weight is 360 g/mol. The average Bonchev–Trinajstić information content (AvgIpc) is 3.30. The quantitative estimate of drug-likeness (QED) is 0.466. The molecule has 0 aromatic heterocycles. The van der Waals surface area contributed by atoms with E-state index in [4.69, 9.17) is 4.74 Å². The van der Waals surface area contributed by atoms with Gasteiger partial charge in [-0.15, -0.1) is 0 Å². The second kappa shape index (κ2) is 5.67. The molecule has 0 atom stereocenters. The van der Waals surface area contributed by atoms with Crippen molar-refractivity contribution >= 4 is 17.4 Å². The molecular weight excluding hydrogens is 344 g/mol. The van der Waals surface area contributed by atoms with E-state index in [2.05, 4.69) is 36.4 Å². The number of allylic oxidation sites excluding steroid dienone is 4. The molecule has 0 unspecified atom stereocenters. The number of Topliss-reactive ketones (excluding diaryl/α,β-unsaturated/α-hetero) is 1. The molecular formula is C26H16O2. The first-order valence-electron chi connectivity index (χ1n) is 9.46. The number of rotatable bonds is 2. The van der Waals surface area contributed by atoms with Crippen molar-refractivity contribution in [3.8, 4) is 16.9 Å². The normalized spacial score (nSPS) is 15.7. The number of ketones is 1. The van der Waals surface area contributed by atoms with Crippen molar-refractivity contribution < 1.29 is 9.53 Å². The van der Waals surface area contributed by atoms with Crippen molar-refractivity contribution in [2.75, 3.05) is 0 Å². The Bertz CT molecular complexity index is 1270. The number of benzene rings is 3. The zero-order valence-electron chi connectivity index (χ0n) is 15.1. The van der Waals surface area contributed by atoms with Crippen molar-refractivity contribution in [2.45, 2.75) is 6.42 Å². The molecule has 3 aliphatic rings. The summed E-state index contributed by atoms with van der Waals surface area (Å²) in [4.78, 5) is 13.1. The van der Waals surface area contributed by atoms with Gasteiger partial charge < -0.3 is 4.74 Å². The Morgan fingerprint density at radius 1 is 0.714 bits per heavy atom. The van der Waals surface area contributed by atoms with E-state index in [1.807, 2.05) is 42.5 Å². The van der Waals surface area contributed by atoms with Gasteiger partial charge >= 0.3 is 0 Å². The first kappa shape index (κ1) is 15.4. The van der Waals surface area contributed by atoms with Crippen molar-refractivity contribution in [1.82, 2.24) is 0 Å². The third-order valence-corrected chi connectivity index (χ3v) is 5.74. The Balaban J connectivity index is 1.38. The van der Waals surface area contributed by atoms with Crippen LogP contribution in [-0.4, -0.2) is 5.78 Å². The second-order valence-corrected chi connectivity index (χ2v) is 7.30. The van der Waals surface area contributed by atoms with Crippen LogP contribution in [-0.2, 0) is 11.2 Å². The van der Waals surface area contributed by atoms with Gasteiger partial charge in [0.2, 0.25) is 5.78 Å². The summed E-state index contributed by atoms with van der Waals surface area (Å²) in [7, 11) is 0. The summed E-state index contributed by atoms with van der Waals surface area (Å²) >= 11 is 0. The van der Waals surface area contributed by atoms with E-state index in [1.165, 1.54) is 16.7 Å². The minimum Gasteiger partial charge on any atom is -0.453 e. The molecule has 0 radical (unpaired) electrons. The first-order chi connectivity index (χ1) is 13.8. The molecule has 2 nitrogen and oxygen atoms in total. The van der Waals surface area contributed by atoms with Gasteiger partial charge in [0, 0.05) is 17.6 Å². The fourth-order valence-corrected chi connectivity index (χ4v) is 4.40. The number of ether oxygens (including phenoxy) is 1. The lowest BCUT2D eigenvalue weighted by Crippen LogP contribution is -2.14. The number of carbonyl (C=O) groups excluding carboxylic acids is 1. The number of carbonyl (C=O) groups is 1. The van der Waals surface area contributed by atoms with Gasteiger partial charge in [0.1, 0.15) is 5.75 Å². The molecule has 28 heavy (non-hydrogen) atoms. The van der Waals surface area contributed by atoms with Crippen LogP contribution < -0.4 is 4.74 Å². The van der Waals surface area contributed by atoms with Crippen molar-refractivity contribution in [3.05, 3.63) is 112 Å². The molecule has 0 saturated heterocycles. The molecule has 0 bridgehead atoms. The second-order valence-electron chi connectivity index (χ2n) is 7.30. The van der Waals surface area contributed by atoms with Gasteiger partial charge in [0.05, 0.1) is 0 Å². The monoisotopic (exact) mass is 360 g/mol. The van der Waals surface area contributed by atoms with E-state index in [1.54, 1.807) is 6.08 Å². The summed E-state index contributed by atoms with van der Waals surface area (Å²) in [6, 6.07) is 22.6. The molecule has 6 rings (SSSR count). The summed E-state index contributed by atoms with van der Waals surface area (Å²) in [5.41, 5.74) is 8.79. The van der Waals surface area contributed by atoms with Crippen LogP contribution in [0, 0.1) is 0 Å². The maximum atomic E-state index is 13.1. The van der Waals surface area contributed by atoms with Gasteiger partial charge in [-0.25, -0.2) is 0 Å². The van der Waals surface area contributed by atoms with Crippen LogP contribution in [0.25, 0.3) is 22.8 Å². The fraction of sp³-hybridized carbons (Fsp3) is 0.0385. The van der Waals surface area contributed by atoms with Crippen LogP contribution >= 0.6 is 0 Å². The molecule has 0 aliphatic heterocycles. The van der Waals surface area contributed by atoms with Gasteiger partial charge in [0.15, 0.2) is 5.76 Å². The molecule has 0 fully saturated rings. The van der Waals surface area contributed by atoms with Crippen molar-refractivity contribution in [3.63, 3.8) is 0 Å². The minimum atomic E-state index is -0.0539. The van der Waals surface area contributed by atoms with E-state index in [-0.39, 0.29) is 5.78 Å². The zero-order valence-corrected chi connectivity index (χ0v) is 15.1. The molecule has 0 N–H and O–H groups in total. The molecule has 3 aromatic carbocycles. The van der Waals surface area contributed by atoms with E-state index in [0.717, 1.165) is 40.0 Å². The first-order valence-corrected chi connectivity index (χ1v) is 9.46.